The van der Waals surface area contributed by atoms with E-state index < -0.39 is 0 Å². The molecule has 1 saturated heterocycles. The number of hydrogen-bond acceptors (Lipinski definition) is 6. The van der Waals surface area contributed by atoms with E-state index in [1.54, 1.807) is 11.6 Å². The van der Waals surface area contributed by atoms with Gasteiger partial charge in [0, 0.05) is 37.9 Å². The number of carbonyl (C=O) groups is 1. The topological polar surface area (TPSA) is 85.0 Å². The molecule has 0 unspecified atom stereocenters. The van der Waals surface area contributed by atoms with Crippen LogP contribution in [0.25, 0.3) is 0 Å². The number of piperidine rings is 1. The van der Waals surface area contributed by atoms with Crippen molar-refractivity contribution >= 4 is 5.91 Å². The van der Waals surface area contributed by atoms with E-state index in [9.17, 15) is 4.79 Å². The van der Waals surface area contributed by atoms with Gasteiger partial charge in [0.1, 0.15) is 18.2 Å². The number of imidazole rings is 1. The summed E-state index contributed by atoms with van der Waals surface area (Å²) in [6.45, 7) is 5.52. The van der Waals surface area contributed by atoms with Crippen molar-refractivity contribution in [1.82, 2.24) is 39.6 Å². The van der Waals surface area contributed by atoms with Crippen molar-refractivity contribution in [3.05, 3.63) is 24.0 Å². The molecule has 0 N–H and O–H groups in total. The van der Waals surface area contributed by atoms with E-state index in [0.717, 1.165) is 44.7 Å². The molecule has 3 heterocycles. The Morgan fingerprint density at radius 3 is 2.96 bits per heavy atom. The minimum absolute atomic E-state index is 0.0656. The minimum Gasteiger partial charge on any atom is -0.340 e. The van der Waals surface area contributed by atoms with Crippen LogP contribution in [0.3, 0.4) is 0 Å². The van der Waals surface area contributed by atoms with Crippen LogP contribution in [0.2, 0.25) is 0 Å². The van der Waals surface area contributed by atoms with Crippen LogP contribution < -0.4 is 0 Å². The average Bonchev–Trinajstić information content (AvgIpc) is 3.24. The molecule has 9 heteroatoms. The summed E-state index contributed by atoms with van der Waals surface area (Å²) in [7, 11) is 4.18. The molecule has 2 aromatic heterocycles. The lowest BCUT2D eigenvalue weighted by Gasteiger charge is -2.32. The summed E-state index contributed by atoms with van der Waals surface area (Å²) in [6, 6.07) is 0. The standard InChI is InChI=1S/C17H28N8O/c1-14-19-20-21-25(14)13-16(26)24-9-4-6-15(12-24)17-18-7-11-23(17)10-5-8-22(2)3/h7,11,15H,4-6,8-10,12-13H2,1-3H3/t15-/m1/s1. The monoisotopic (exact) mass is 360 g/mol. The van der Waals surface area contributed by atoms with Crippen molar-refractivity contribution in [3.8, 4) is 0 Å². The van der Waals surface area contributed by atoms with Crippen molar-refractivity contribution in [2.75, 3.05) is 33.7 Å². The second-order valence-electron chi connectivity index (χ2n) is 7.20. The predicted octanol–water partition coefficient (Wildman–Crippen LogP) is 0.536. The van der Waals surface area contributed by atoms with Gasteiger partial charge in [-0.05, 0) is 57.3 Å². The van der Waals surface area contributed by atoms with Gasteiger partial charge in [-0.15, -0.1) is 5.10 Å². The number of amides is 1. The summed E-state index contributed by atoms with van der Waals surface area (Å²) in [5.41, 5.74) is 0. The number of aryl methyl sites for hydroxylation is 2. The highest BCUT2D eigenvalue weighted by Crippen LogP contribution is 2.26. The van der Waals surface area contributed by atoms with Gasteiger partial charge in [-0.25, -0.2) is 9.67 Å². The normalized spacial score (nSPS) is 17.8. The van der Waals surface area contributed by atoms with Crippen molar-refractivity contribution < 1.29 is 4.79 Å². The van der Waals surface area contributed by atoms with E-state index in [2.05, 4.69) is 50.3 Å². The fourth-order valence-corrected chi connectivity index (χ4v) is 3.46. The Balaban J connectivity index is 1.61. The fraction of sp³-hybridized carbons (Fsp3) is 0.706. The Kier molecular flexibility index (Phi) is 5.97. The van der Waals surface area contributed by atoms with Crippen LogP contribution in [0, 0.1) is 6.92 Å². The van der Waals surface area contributed by atoms with Gasteiger partial charge in [-0.1, -0.05) is 0 Å². The van der Waals surface area contributed by atoms with E-state index in [4.69, 9.17) is 0 Å². The van der Waals surface area contributed by atoms with Crippen LogP contribution in [0.5, 0.6) is 0 Å². The highest BCUT2D eigenvalue weighted by Gasteiger charge is 2.27. The first-order valence-corrected chi connectivity index (χ1v) is 9.21. The zero-order valence-corrected chi connectivity index (χ0v) is 15.9. The Morgan fingerprint density at radius 1 is 1.38 bits per heavy atom. The van der Waals surface area contributed by atoms with Crippen LogP contribution >= 0.6 is 0 Å². The van der Waals surface area contributed by atoms with Crippen LogP contribution in [-0.2, 0) is 17.9 Å². The van der Waals surface area contributed by atoms with Crippen LogP contribution in [0.15, 0.2) is 12.4 Å². The van der Waals surface area contributed by atoms with Crippen molar-refractivity contribution in [1.29, 1.82) is 0 Å². The number of aromatic nitrogens is 6. The zero-order chi connectivity index (χ0) is 18.5. The van der Waals surface area contributed by atoms with Crippen LogP contribution in [-0.4, -0.2) is 79.2 Å². The van der Waals surface area contributed by atoms with E-state index >= 15 is 0 Å². The highest BCUT2D eigenvalue weighted by atomic mass is 16.2. The Bertz CT molecular complexity index is 722. The van der Waals surface area contributed by atoms with Crippen molar-refractivity contribution in [3.63, 3.8) is 0 Å². The molecule has 0 aliphatic carbocycles. The lowest BCUT2D eigenvalue weighted by atomic mass is 9.97. The number of rotatable bonds is 7. The maximum atomic E-state index is 12.6. The molecule has 1 aliphatic rings. The van der Waals surface area contributed by atoms with Gasteiger partial charge in [0.05, 0.1) is 0 Å². The fourth-order valence-electron chi connectivity index (χ4n) is 3.46. The van der Waals surface area contributed by atoms with Gasteiger partial charge in [0.2, 0.25) is 5.91 Å². The molecule has 1 atom stereocenters. The van der Waals surface area contributed by atoms with Gasteiger partial charge in [0.15, 0.2) is 0 Å². The van der Waals surface area contributed by atoms with E-state index in [-0.39, 0.29) is 18.4 Å². The summed E-state index contributed by atoms with van der Waals surface area (Å²) >= 11 is 0. The first-order chi connectivity index (χ1) is 12.5. The van der Waals surface area contributed by atoms with E-state index in [0.29, 0.717) is 12.4 Å². The number of likely N-dealkylation sites (tertiary alicyclic amines) is 1. The first kappa shape index (κ1) is 18.5. The summed E-state index contributed by atoms with van der Waals surface area (Å²) in [6.07, 6.45) is 7.07. The quantitative estimate of drug-likeness (QED) is 0.716. The lowest BCUT2D eigenvalue weighted by Crippen LogP contribution is -2.41. The molecule has 1 fully saturated rings. The number of nitrogens with zero attached hydrogens (tertiary/aromatic N) is 8. The van der Waals surface area contributed by atoms with Gasteiger partial charge in [-0.2, -0.15) is 0 Å². The molecule has 0 spiro atoms. The molecule has 142 valence electrons. The van der Waals surface area contributed by atoms with Crippen molar-refractivity contribution in [2.24, 2.45) is 0 Å². The molecule has 0 saturated carbocycles. The maximum Gasteiger partial charge on any atom is 0.244 e. The second kappa shape index (κ2) is 8.39. The zero-order valence-electron chi connectivity index (χ0n) is 15.9. The third-order valence-corrected chi connectivity index (χ3v) is 4.89. The van der Waals surface area contributed by atoms with E-state index in [1.807, 2.05) is 11.1 Å². The molecule has 1 aliphatic heterocycles. The predicted molar refractivity (Wildman–Crippen MR) is 96.5 cm³/mol. The minimum atomic E-state index is 0.0656. The lowest BCUT2D eigenvalue weighted by molar-refractivity contribution is -0.133. The Labute approximate surface area is 154 Å². The molecule has 1 amide bonds. The van der Waals surface area contributed by atoms with Crippen LogP contribution in [0.4, 0.5) is 0 Å². The maximum absolute atomic E-state index is 12.6. The highest BCUT2D eigenvalue weighted by molar-refractivity contribution is 5.76. The summed E-state index contributed by atoms with van der Waals surface area (Å²) < 4.78 is 3.79. The molecule has 2 aromatic rings. The largest absolute Gasteiger partial charge is 0.340 e. The third kappa shape index (κ3) is 4.46. The van der Waals surface area contributed by atoms with Gasteiger partial charge >= 0.3 is 0 Å². The van der Waals surface area contributed by atoms with Gasteiger partial charge < -0.3 is 14.4 Å². The molecule has 26 heavy (non-hydrogen) atoms. The number of tetrazole rings is 1. The molecular weight excluding hydrogens is 332 g/mol. The van der Waals surface area contributed by atoms with Crippen molar-refractivity contribution in [2.45, 2.75) is 45.2 Å². The first-order valence-electron chi connectivity index (χ1n) is 9.21. The van der Waals surface area contributed by atoms with Gasteiger partial charge in [0.25, 0.3) is 0 Å². The molecule has 9 nitrogen and oxygen atoms in total. The van der Waals surface area contributed by atoms with Crippen LogP contribution in [0.1, 0.15) is 36.8 Å². The Morgan fingerprint density at radius 2 is 2.23 bits per heavy atom. The molecule has 3 rings (SSSR count). The average molecular weight is 360 g/mol. The summed E-state index contributed by atoms with van der Waals surface area (Å²) in [5, 5.41) is 11.3. The Hall–Kier alpha value is -2.29. The summed E-state index contributed by atoms with van der Waals surface area (Å²) in [4.78, 5) is 21.4. The number of carbonyl (C=O) groups excluding carboxylic acids is 1. The van der Waals surface area contributed by atoms with E-state index in [1.165, 1.54) is 0 Å². The van der Waals surface area contributed by atoms with Gasteiger partial charge in [-0.3, -0.25) is 4.79 Å². The molecule has 0 bridgehead atoms. The SMILES string of the molecule is Cc1nnnn1CC(=O)N1CCC[C@@H](c2nccn2CCCN(C)C)C1. The number of hydrogen-bond donors (Lipinski definition) is 0. The molecule has 0 aromatic carbocycles. The second-order valence-corrected chi connectivity index (χ2v) is 7.20. The smallest absolute Gasteiger partial charge is 0.244 e. The molecule has 0 radical (unpaired) electrons. The molecular formula is C17H28N8O. The third-order valence-electron chi connectivity index (χ3n) is 4.89. The summed E-state index contributed by atoms with van der Waals surface area (Å²) in [5.74, 6) is 2.11.